The molecule has 12 rings (SSSR count). The number of rotatable bonds is 4. The minimum atomic E-state index is -0.544. The predicted octanol–water partition coefficient (Wildman–Crippen LogP) is 6.95. The fourth-order valence-electron chi connectivity index (χ4n) is 8.32. The van der Waals surface area contributed by atoms with Crippen LogP contribution in [0.15, 0.2) is 158 Å². The van der Waals surface area contributed by atoms with E-state index in [2.05, 4.69) is 0 Å². The van der Waals surface area contributed by atoms with Crippen molar-refractivity contribution in [1.82, 2.24) is 29.6 Å². The number of hydrogen-bond acceptors (Lipinski definition) is 6. The minimum Gasteiger partial charge on any atom is -0.326 e. The van der Waals surface area contributed by atoms with E-state index in [1.807, 2.05) is 121 Å². The highest BCUT2D eigenvalue weighted by Crippen LogP contribution is 2.39. The Labute approximate surface area is 324 Å². The van der Waals surface area contributed by atoms with Crippen LogP contribution >= 0.6 is 0 Å². The molecule has 8 heterocycles. The fourth-order valence-corrected chi connectivity index (χ4v) is 8.32. The predicted molar refractivity (Wildman–Crippen MR) is 209 cm³/mol. The van der Waals surface area contributed by atoms with Crippen molar-refractivity contribution in [3.05, 3.63) is 203 Å². The number of carbonyl (C=O) groups is 4. The zero-order valence-corrected chi connectivity index (χ0v) is 30.5. The van der Waals surface area contributed by atoms with Crippen LogP contribution < -0.4 is 0 Å². The lowest BCUT2D eigenvalue weighted by molar-refractivity contribution is 0.0173. The van der Waals surface area contributed by atoms with E-state index < -0.39 is 24.2 Å². The Balaban J connectivity index is 1.24. The highest BCUT2D eigenvalue weighted by molar-refractivity contribution is 5.99. The van der Waals surface area contributed by atoms with Gasteiger partial charge in [-0.3, -0.25) is 19.2 Å². The van der Waals surface area contributed by atoms with Gasteiger partial charge in [-0.05, 0) is 46.5 Å². The van der Waals surface area contributed by atoms with Gasteiger partial charge in [0.2, 0.25) is 0 Å². The first-order valence-corrected chi connectivity index (χ1v) is 18.8. The lowest BCUT2D eigenvalue weighted by Gasteiger charge is -2.47. The third-order valence-electron chi connectivity index (χ3n) is 11.1. The molecule has 0 saturated carbocycles. The molecule has 8 bridgehead atoms. The molecule has 0 unspecified atom stereocenters. The van der Waals surface area contributed by atoms with Gasteiger partial charge in [-0.1, -0.05) is 133 Å². The maximum absolute atomic E-state index is 14.8. The van der Waals surface area contributed by atoms with E-state index in [0.29, 0.717) is 0 Å². The van der Waals surface area contributed by atoms with Crippen molar-refractivity contribution in [1.29, 1.82) is 0 Å². The molecule has 2 saturated heterocycles. The Kier molecular flexibility index (Phi) is 9.14. The molecular formula is C46H38N6O4. The summed E-state index contributed by atoms with van der Waals surface area (Å²) in [5.74, 6) is -1.39. The molecule has 10 heteroatoms. The van der Waals surface area contributed by atoms with Gasteiger partial charge in [0.25, 0.3) is 23.6 Å². The zero-order valence-electron chi connectivity index (χ0n) is 30.5. The summed E-state index contributed by atoms with van der Waals surface area (Å²) in [5, 5.41) is 0. The summed E-state index contributed by atoms with van der Waals surface area (Å²) < 4.78 is 0. The fraction of sp³-hybridized carbons (Fsp3) is 0.174. The van der Waals surface area contributed by atoms with Gasteiger partial charge in [-0.15, -0.1) is 0 Å². The summed E-state index contributed by atoms with van der Waals surface area (Å²) in [6.07, 6.45) is 0. The lowest BCUT2D eigenvalue weighted by atomic mass is 9.94. The molecule has 4 aromatic carbocycles. The molecule has 276 valence electrons. The van der Waals surface area contributed by atoms with Gasteiger partial charge in [0, 0.05) is 26.2 Å². The Morgan fingerprint density at radius 3 is 0.732 bits per heavy atom. The van der Waals surface area contributed by atoms with Crippen molar-refractivity contribution in [3.8, 4) is 0 Å². The van der Waals surface area contributed by atoms with E-state index in [9.17, 15) is 19.2 Å². The molecular weight excluding hydrogens is 701 g/mol. The van der Waals surface area contributed by atoms with Crippen molar-refractivity contribution in [3.63, 3.8) is 0 Å². The number of hydrogen-bond donors (Lipinski definition) is 0. The van der Waals surface area contributed by atoms with E-state index in [1.165, 1.54) is 0 Å². The van der Waals surface area contributed by atoms with Crippen molar-refractivity contribution >= 4 is 23.6 Å². The number of carbonyl (C=O) groups excluding carboxylic acids is 4. The van der Waals surface area contributed by atoms with Crippen LogP contribution in [-0.4, -0.2) is 79.4 Å². The molecule has 4 amide bonds. The van der Waals surface area contributed by atoms with Gasteiger partial charge < -0.3 is 19.6 Å². The van der Waals surface area contributed by atoms with Gasteiger partial charge in [-0.25, -0.2) is 9.97 Å². The van der Waals surface area contributed by atoms with Crippen LogP contribution in [0.5, 0.6) is 0 Å². The van der Waals surface area contributed by atoms with Crippen molar-refractivity contribution < 1.29 is 19.2 Å². The Hall–Kier alpha value is -6.94. The maximum Gasteiger partial charge on any atom is 0.273 e. The Morgan fingerprint density at radius 1 is 0.304 bits per heavy atom. The number of aromatic nitrogens is 2. The van der Waals surface area contributed by atoms with Gasteiger partial charge in [0.05, 0.1) is 24.2 Å². The normalized spacial score (nSPS) is 21.3. The van der Waals surface area contributed by atoms with E-state index in [-0.39, 0.29) is 72.6 Å². The SMILES string of the molecule is O=C1c2cccc(n2)C(=O)N2C[C@@H](c3ccccc3)N(C[C@H]2c2ccccc2)C(=O)c2cccc(n2)C(=O)N2C[C@@H](c3ccccc3)N1C[C@H]2c1ccccc1. The molecule has 6 aliphatic heterocycles. The van der Waals surface area contributed by atoms with Crippen LogP contribution in [0.3, 0.4) is 0 Å². The van der Waals surface area contributed by atoms with E-state index in [0.717, 1.165) is 22.3 Å². The summed E-state index contributed by atoms with van der Waals surface area (Å²) in [7, 11) is 0. The Bertz CT molecular complexity index is 2080. The molecule has 0 aliphatic carbocycles. The third-order valence-corrected chi connectivity index (χ3v) is 11.1. The smallest absolute Gasteiger partial charge is 0.273 e. The molecule has 4 atom stereocenters. The molecule has 0 radical (unpaired) electrons. The monoisotopic (exact) mass is 738 g/mol. The molecule has 2 fully saturated rings. The summed E-state index contributed by atoms with van der Waals surface area (Å²) in [6, 6.07) is 46.2. The van der Waals surface area contributed by atoms with Gasteiger partial charge >= 0.3 is 0 Å². The van der Waals surface area contributed by atoms with Crippen LogP contribution in [-0.2, 0) is 0 Å². The van der Waals surface area contributed by atoms with E-state index in [4.69, 9.17) is 9.97 Å². The van der Waals surface area contributed by atoms with Crippen LogP contribution in [0.4, 0.5) is 0 Å². The summed E-state index contributed by atoms with van der Waals surface area (Å²) >= 11 is 0. The zero-order chi connectivity index (χ0) is 38.2. The molecule has 6 aromatic rings. The average Bonchev–Trinajstić information content (AvgIpc) is 3.28. The first-order valence-electron chi connectivity index (χ1n) is 18.8. The molecule has 56 heavy (non-hydrogen) atoms. The summed E-state index contributed by atoms with van der Waals surface area (Å²) in [4.78, 5) is 76.0. The molecule has 2 aromatic heterocycles. The second-order valence-electron chi connectivity index (χ2n) is 14.4. The average molecular weight is 739 g/mol. The van der Waals surface area contributed by atoms with Gasteiger partial charge in [0.1, 0.15) is 22.8 Å². The second-order valence-corrected chi connectivity index (χ2v) is 14.4. The van der Waals surface area contributed by atoms with Crippen LogP contribution in [0.1, 0.15) is 88.4 Å². The topological polar surface area (TPSA) is 107 Å². The second kappa shape index (κ2) is 14.7. The van der Waals surface area contributed by atoms with Crippen LogP contribution in [0.2, 0.25) is 0 Å². The molecule has 0 spiro atoms. The highest BCUT2D eigenvalue weighted by atomic mass is 16.2. The number of benzene rings is 4. The van der Waals surface area contributed by atoms with Crippen LogP contribution in [0, 0.1) is 0 Å². The standard InChI is InChI=1S/C46H38N6O4/c53-43-35-23-13-25-37(47-35)45(55)51-29-42(34-21-11-4-12-22-34)52(30-41(51)33-19-9-3-10-20-33)46(56)38-26-14-24-36(48-38)44(54)50-27-39(31-15-5-1-6-16-31)49(43)28-40(50)32-17-7-2-8-18-32/h1-26,39-42H,27-30H2/t39-,40-,41-,42-/m0/s1. The quantitative estimate of drug-likeness (QED) is 0.194. The van der Waals surface area contributed by atoms with Crippen LogP contribution in [0.25, 0.3) is 0 Å². The molecule has 10 nitrogen and oxygen atoms in total. The van der Waals surface area contributed by atoms with Crippen molar-refractivity contribution in [2.24, 2.45) is 0 Å². The van der Waals surface area contributed by atoms with E-state index >= 15 is 0 Å². The third kappa shape index (κ3) is 6.38. The summed E-state index contributed by atoms with van der Waals surface area (Å²) in [6.45, 7) is 0.617. The lowest BCUT2D eigenvalue weighted by Crippen LogP contribution is -2.55. The van der Waals surface area contributed by atoms with E-state index in [1.54, 1.807) is 56.0 Å². The maximum atomic E-state index is 14.8. The first kappa shape index (κ1) is 34.8. The molecule has 6 aliphatic rings. The van der Waals surface area contributed by atoms with Crippen molar-refractivity contribution in [2.45, 2.75) is 24.2 Å². The minimum absolute atomic E-state index is 0.128. The number of piperazine rings is 2. The highest BCUT2D eigenvalue weighted by Gasteiger charge is 2.44. The molecule has 0 N–H and O–H groups in total. The van der Waals surface area contributed by atoms with Gasteiger partial charge in [0.15, 0.2) is 0 Å². The van der Waals surface area contributed by atoms with Crippen molar-refractivity contribution in [2.75, 3.05) is 26.2 Å². The number of nitrogens with zero attached hydrogens (tertiary/aromatic N) is 6. The summed E-state index contributed by atoms with van der Waals surface area (Å²) in [5.41, 5.74) is 3.89. The Morgan fingerprint density at radius 2 is 0.518 bits per heavy atom. The first-order chi connectivity index (χ1) is 27.4. The number of pyridine rings is 2. The van der Waals surface area contributed by atoms with Gasteiger partial charge in [-0.2, -0.15) is 0 Å². The number of amides is 4. The largest absolute Gasteiger partial charge is 0.326 e.